The Bertz CT molecular complexity index is 82.0. The van der Waals surface area contributed by atoms with Crippen LogP contribution < -0.4 is 0 Å². The Hall–Kier alpha value is 0. The van der Waals surface area contributed by atoms with E-state index >= 15 is 0 Å². The van der Waals surface area contributed by atoms with E-state index in [1.54, 1.807) is 0 Å². The Kier molecular flexibility index (Phi) is 4.65. The summed E-state index contributed by atoms with van der Waals surface area (Å²) in [6, 6.07) is 0. The molecule has 0 aromatic carbocycles. The van der Waals surface area contributed by atoms with Gasteiger partial charge in [0.15, 0.2) is 0 Å². The highest BCUT2D eigenvalue weighted by atomic mass is 14.2. The van der Waals surface area contributed by atoms with Gasteiger partial charge in [0.1, 0.15) is 0 Å². The second kappa shape index (κ2) is 5.62. The predicted molar refractivity (Wildman–Crippen MR) is 50.4 cm³/mol. The number of hydrogen-bond donors (Lipinski definition) is 0. The predicted octanol–water partition coefficient (Wildman–Crippen LogP) is 3.96. The molecule has 1 fully saturated rings. The molecular formula is C11H21. The fourth-order valence-electron chi connectivity index (χ4n) is 1.44. The van der Waals surface area contributed by atoms with E-state index in [4.69, 9.17) is 0 Å². The van der Waals surface area contributed by atoms with Gasteiger partial charge in [-0.15, -0.1) is 0 Å². The molecule has 0 bridgehead atoms. The monoisotopic (exact) mass is 153 g/mol. The average molecular weight is 153 g/mol. The lowest BCUT2D eigenvalue weighted by molar-refractivity contribution is 0.653. The van der Waals surface area contributed by atoms with Crippen LogP contribution in [0.4, 0.5) is 0 Å². The van der Waals surface area contributed by atoms with Crippen LogP contribution in [0.25, 0.3) is 0 Å². The van der Waals surface area contributed by atoms with Crippen molar-refractivity contribution in [2.24, 2.45) is 5.92 Å². The normalized spacial score (nSPS) is 17.2. The summed E-state index contributed by atoms with van der Waals surface area (Å²) in [6.45, 7) is 2.27. The number of rotatable bonds is 7. The zero-order valence-corrected chi connectivity index (χ0v) is 7.81. The first-order valence-corrected chi connectivity index (χ1v) is 5.25. The standard InChI is InChI=1S/C11H21/c1-2-3-4-5-6-7-8-11-9-10-11/h6,11H,2-5,7-10H2,1H3. The molecule has 0 unspecified atom stereocenters. The van der Waals surface area contributed by atoms with Gasteiger partial charge in [-0.2, -0.15) is 0 Å². The highest BCUT2D eigenvalue weighted by Crippen LogP contribution is 2.33. The topological polar surface area (TPSA) is 0 Å². The second-order valence-corrected chi connectivity index (χ2v) is 3.81. The van der Waals surface area contributed by atoms with Gasteiger partial charge in [0.2, 0.25) is 0 Å². The molecule has 0 nitrogen and oxygen atoms in total. The number of hydrogen-bond acceptors (Lipinski definition) is 0. The average Bonchev–Trinajstić information content (AvgIpc) is 2.80. The molecule has 1 radical (unpaired) electrons. The van der Waals surface area contributed by atoms with E-state index in [0.29, 0.717) is 0 Å². The van der Waals surface area contributed by atoms with Crippen LogP contribution in [0.2, 0.25) is 0 Å². The van der Waals surface area contributed by atoms with Crippen molar-refractivity contribution in [3.63, 3.8) is 0 Å². The smallest absolute Gasteiger partial charge is 0.0386 e. The Morgan fingerprint density at radius 1 is 1.18 bits per heavy atom. The molecule has 0 aromatic rings. The van der Waals surface area contributed by atoms with Crippen LogP contribution in [-0.2, 0) is 0 Å². The van der Waals surface area contributed by atoms with E-state index in [2.05, 4.69) is 13.3 Å². The van der Waals surface area contributed by atoms with Gasteiger partial charge in [0, 0.05) is 0 Å². The van der Waals surface area contributed by atoms with Gasteiger partial charge in [0.05, 0.1) is 0 Å². The van der Waals surface area contributed by atoms with Gasteiger partial charge in [-0.05, 0) is 18.8 Å². The maximum Gasteiger partial charge on any atom is -0.0386 e. The van der Waals surface area contributed by atoms with Gasteiger partial charge >= 0.3 is 0 Å². The van der Waals surface area contributed by atoms with Crippen molar-refractivity contribution in [1.29, 1.82) is 0 Å². The summed E-state index contributed by atoms with van der Waals surface area (Å²) in [5.74, 6) is 1.12. The Morgan fingerprint density at radius 2 is 2.00 bits per heavy atom. The molecule has 0 N–H and O–H groups in total. The van der Waals surface area contributed by atoms with Crippen LogP contribution in [0, 0.1) is 12.3 Å². The van der Waals surface area contributed by atoms with Gasteiger partial charge in [-0.1, -0.05) is 51.9 Å². The third kappa shape index (κ3) is 5.29. The molecule has 0 aromatic heterocycles. The van der Waals surface area contributed by atoms with E-state index in [1.807, 2.05) is 0 Å². The zero-order chi connectivity index (χ0) is 7.94. The first-order chi connectivity index (χ1) is 5.43. The third-order valence-corrected chi connectivity index (χ3v) is 2.49. The van der Waals surface area contributed by atoms with E-state index < -0.39 is 0 Å². The fourth-order valence-corrected chi connectivity index (χ4v) is 1.44. The molecule has 0 spiro atoms. The minimum atomic E-state index is 1.12. The molecular weight excluding hydrogens is 132 g/mol. The summed E-state index contributed by atoms with van der Waals surface area (Å²) >= 11 is 0. The fraction of sp³-hybridized carbons (Fsp3) is 0.909. The van der Waals surface area contributed by atoms with Crippen LogP contribution in [0.5, 0.6) is 0 Å². The van der Waals surface area contributed by atoms with Gasteiger partial charge in [0.25, 0.3) is 0 Å². The molecule has 0 atom stereocenters. The van der Waals surface area contributed by atoms with E-state index in [1.165, 1.54) is 51.4 Å². The summed E-state index contributed by atoms with van der Waals surface area (Å²) in [4.78, 5) is 0. The lowest BCUT2D eigenvalue weighted by Crippen LogP contribution is -1.81. The van der Waals surface area contributed by atoms with Crippen molar-refractivity contribution in [3.8, 4) is 0 Å². The largest absolute Gasteiger partial charge is 0.0654 e. The highest BCUT2D eigenvalue weighted by Gasteiger charge is 2.19. The van der Waals surface area contributed by atoms with Crippen LogP contribution >= 0.6 is 0 Å². The van der Waals surface area contributed by atoms with Crippen molar-refractivity contribution in [2.75, 3.05) is 0 Å². The quantitative estimate of drug-likeness (QED) is 0.486. The van der Waals surface area contributed by atoms with Crippen molar-refractivity contribution in [3.05, 3.63) is 6.42 Å². The van der Waals surface area contributed by atoms with Crippen molar-refractivity contribution in [1.82, 2.24) is 0 Å². The molecule has 0 amide bonds. The lowest BCUT2D eigenvalue weighted by Gasteiger charge is -1.98. The number of unbranched alkanes of at least 4 members (excludes halogenated alkanes) is 5. The van der Waals surface area contributed by atoms with Gasteiger partial charge in [-0.3, -0.25) is 0 Å². The Morgan fingerprint density at radius 3 is 2.64 bits per heavy atom. The van der Waals surface area contributed by atoms with E-state index in [0.717, 1.165) is 5.92 Å². The van der Waals surface area contributed by atoms with E-state index in [9.17, 15) is 0 Å². The Labute approximate surface area is 71.4 Å². The maximum atomic E-state index is 2.49. The summed E-state index contributed by atoms with van der Waals surface area (Å²) in [5.41, 5.74) is 0. The minimum Gasteiger partial charge on any atom is -0.0654 e. The van der Waals surface area contributed by atoms with Gasteiger partial charge in [-0.25, -0.2) is 0 Å². The molecule has 0 saturated heterocycles. The summed E-state index contributed by atoms with van der Waals surface area (Å²) in [7, 11) is 0. The molecule has 1 saturated carbocycles. The van der Waals surface area contributed by atoms with Crippen molar-refractivity contribution in [2.45, 2.75) is 58.3 Å². The summed E-state index contributed by atoms with van der Waals surface area (Å²) in [6.07, 6.45) is 13.9. The molecule has 1 aliphatic rings. The molecule has 1 rings (SSSR count). The Balaban J connectivity index is 1.66. The molecule has 0 heterocycles. The SMILES string of the molecule is CCCCC[CH]CCC1CC1. The third-order valence-electron chi connectivity index (χ3n) is 2.49. The van der Waals surface area contributed by atoms with Crippen LogP contribution in [0.1, 0.15) is 58.3 Å². The van der Waals surface area contributed by atoms with Crippen LogP contribution in [0.3, 0.4) is 0 Å². The zero-order valence-electron chi connectivity index (χ0n) is 7.81. The van der Waals surface area contributed by atoms with Crippen molar-refractivity contribution >= 4 is 0 Å². The lowest BCUT2D eigenvalue weighted by atomic mass is 10.1. The minimum absolute atomic E-state index is 1.12. The van der Waals surface area contributed by atoms with Gasteiger partial charge < -0.3 is 0 Å². The first-order valence-electron chi connectivity index (χ1n) is 5.25. The maximum absolute atomic E-state index is 2.49. The van der Waals surface area contributed by atoms with E-state index in [-0.39, 0.29) is 0 Å². The van der Waals surface area contributed by atoms with Crippen molar-refractivity contribution < 1.29 is 0 Å². The molecule has 1 aliphatic carbocycles. The second-order valence-electron chi connectivity index (χ2n) is 3.81. The molecule has 0 heteroatoms. The molecule has 11 heavy (non-hydrogen) atoms. The van der Waals surface area contributed by atoms with Crippen LogP contribution in [-0.4, -0.2) is 0 Å². The molecule has 65 valence electrons. The summed E-state index contributed by atoms with van der Waals surface area (Å²) < 4.78 is 0. The first kappa shape index (κ1) is 9.09. The summed E-state index contributed by atoms with van der Waals surface area (Å²) in [5, 5.41) is 0. The molecule has 0 aliphatic heterocycles. The van der Waals surface area contributed by atoms with Crippen LogP contribution in [0.15, 0.2) is 0 Å². The highest BCUT2D eigenvalue weighted by molar-refractivity contribution is 4.76.